The van der Waals surface area contributed by atoms with Crippen LogP contribution in [0.3, 0.4) is 0 Å². The van der Waals surface area contributed by atoms with Gasteiger partial charge in [-0.25, -0.2) is 4.98 Å². The smallest absolute Gasteiger partial charge is 0.267 e. The van der Waals surface area contributed by atoms with Crippen molar-refractivity contribution in [3.05, 3.63) is 56.0 Å². The van der Waals surface area contributed by atoms with Crippen LogP contribution in [-0.2, 0) is 0 Å². The molecule has 3 nitrogen and oxygen atoms in total. The number of nitrogens with zero attached hydrogens (tertiary/aromatic N) is 1. The molecular weight excluding hydrogens is 368 g/mol. The number of nitrogens with one attached hydrogen (secondary N) is 1. The van der Waals surface area contributed by atoms with Crippen molar-refractivity contribution in [2.75, 3.05) is 5.32 Å². The minimum absolute atomic E-state index is 0.0994. The van der Waals surface area contributed by atoms with Gasteiger partial charge in [-0.3, -0.25) is 10.1 Å². The second kappa shape index (κ2) is 6.09. The van der Waals surface area contributed by atoms with Crippen LogP contribution in [0.4, 0.5) is 5.13 Å². The molecule has 0 atom stereocenters. The number of aryl methyl sites for hydroxylation is 1. The van der Waals surface area contributed by atoms with E-state index in [0.717, 1.165) is 26.2 Å². The minimum atomic E-state index is -0.0994. The molecule has 0 radical (unpaired) electrons. The Balaban J connectivity index is 1.80. The highest BCUT2D eigenvalue weighted by Crippen LogP contribution is 2.27. The summed E-state index contributed by atoms with van der Waals surface area (Å²) in [5.74, 6) is -0.0994. The van der Waals surface area contributed by atoms with Crippen molar-refractivity contribution in [2.45, 2.75) is 6.92 Å². The lowest BCUT2D eigenvalue weighted by molar-refractivity contribution is 0.103. The molecule has 0 saturated heterocycles. The average Bonchev–Trinajstić information content (AvgIpc) is 3.08. The van der Waals surface area contributed by atoms with Crippen LogP contribution in [0.2, 0.25) is 0 Å². The van der Waals surface area contributed by atoms with Crippen LogP contribution in [0.25, 0.3) is 11.3 Å². The van der Waals surface area contributed by atoms with Crippen LogP contribution >= 0.6 is 38.6 Å². The molecule has 1 N–H and O–H groups in total. The molecule has 2 aromatic heterocycles. The molecule has 1 aromatic carbocycles. The number of aromatic nitrogens is 1. The van der Waals surface area contributed by atoms with Gasteiger partial charge in [-0.15, -0.1) is 22.7 Å². The maximum absolute atomic E-state index is 12.2. The average molecular weight is 379 g/mol. The van der Waals surface area contributed by atoms with Crippen molar-refractivity contribution < 1.29 is 4.79 Å². The largest absolute Gasteiger partial charge is 0.297 e. The zero-order chi connectivity index (χ0) is 14.8. The molecular formula is C15H11BrN2OS2. The zero-order valence-electron chi connectivity index (χ0n) is 11.1. The second-order valence-corrected chi connectivity index (χ2v) is 7.13. The molecule has 6 heteroatoms. The number of anilines is 1. The normalized spacial score (nSPS) is 10.6. The first-order valence-electron chi connectivity index (χ1n) is 6.20. The van der Waals surface area contributed by atoms with E-state index in [1.54, 1.807) is 0 Å². The summed E-state index contributed by atoms with van der Waals surface area (Å²) >= 11 is 6.32. The van der Waals surface area contributed by atoms with Crippen molar-refractivity contribution in [3.63, 3.8) is 0 Å². The number of hydrogen-bond donors (Lipinski definition) is 1. The SMILES string of the molecule is Cc1ccsc1C(=O)Nc1nc(-c2cccc(Br)c2)cs1. The molecule has 3 aromatic rings. The van der Waals surface area contributed by atoms with Crippen LogP contribution in [0.5, 0.6) is 0 Å². The summed E-state index contributed by atoms with van der Waals surface area (Å²) < 4.78 is 1.01. The summed E-state index contributed by atoms with van der Waals surface area (Å²) in [5.41, 5.74) is 2.87. The summed E-state index contributed by atoms with van der Waals surface area (Å²) in [7, 11) is 0. The van der Waals surface area contributed by atoms with E-state index in [-0.39, 0.29) is 5.91 Å². The van der Waals surface area contributed by atoms with Crippen molar-refractivity contribution in [3.8, 4) is 11.3 Å². The van der Waals surface area contributed by atoms with Crippen molar-refractivity contribution >= 4 is 49.6 Å². The van der Waals surface area contributed by atoms with Crippen LogP contribution < -0.4 is 5.32 Å². The van der Waals surface area contributed by atoms with E-state index >= 15 is 0 Å². The Kier molecular flexibility index (Phi) is 4.19. The third-order valence-electron chi connectivity index (χ3n) is 2.91. The van der Waals surface area contributed by atoms with Crippen LogP contribution in [-0.4, -0.2) is 10.9 Å². The predicted octanol–water partition coefficient (Wildman–Crippen LogP) is 5.19. The predicted molar refractivity (Wildman–Crippen MR) is 92.3 cm³/mol. The fraction of sp³-hybridized carbons (Fsp3) is 0.0667. The van der Waals surface area contributed by atoms with Gasteiger partial charge in [-0.2, -0.15) is 0 Å². The van der Waals surface area contributed by atoms with Gasteiger partial charge < -0.3 is 0 Å². The number of amides is 1. The maximum Gasteiger partial charge on any atom is 0.267 e. The molecule has 2 heterocycles. The number of benzene rings is 1. The van der Waals surface area contributed by atoms with Gasteiger partial charge in [0.2, 0.25) is 0 Å². The molecule has 0 bridgehead atoms. The van der Waals surface area contributed by atoms with E-state index in [1.165, 1.54) is 22.7 Å². The molecule has 3 rings (SSSR count). The Morgan fingerprint density at radius 2 is 2.14 bits per heavy atom. The zero-order valence-corrected chi connectivity index (χ0v) is 14.3. The van der Waals surface area contributed by atoms with E-state index in [0.29, 0.717) is 5.13 Å². The second-order valence-electron chi connectivity index (χ2n) is 4.44. The van der Waals surface area contributed by atoms with Gasteiger partial charge in [0.05, 0.1) is 10.6 Å². The van der Waals surface area contributed by atoms with Crippen molar-refractivity contribution in [1.29, 1.82) is 0 Å². The van der Waals surface area contributed by atoms with Crippen molar-refractivity contribution in [2.24, 2.45) is 0 Å². The monoisotopic (exact) mass is 378 g/mol. The number of thiazole rings is 1. The summed E-state index contributed by atoms with van der Waals surface area (Å²) in [6.07, 6.45) is 0. The number of carbonyl (C=O) groups excluding carboxylic acids is 1. The van der Waals surface area contributed by atoms with E-state index in [9.17, 15) is 4.79 Å². The first-order valence-corrected chi connectivity index (χ1v) is 8.75. The van der Waals surface area contributed by atoms with Gasteiger partial charge in [0.15, 0.2) is 5.13 Å². The fourth-order valence-electron chi connectivity index (χ4n) is 1.87. The summed E-state index contributed by atoms with van der Waals surface area (Å²) in [4.78, 5) is 17.4. The molecule has 0 unspecified atom stereocenters. The Labute approximate surface area is 138 Å². The number of hydrogen-bond acceptors (Lipinski definition) is 4. The van der Waals surface area contributed by atoms with Crippen LogP contribution in [0.1, 0.15) is 15.2 Å². The van der Waals surface area contributed by atoms with E-state index in [4.69, 9.17) is 0 Å². The topological polar surface area (TPSA) is 42.0 Å². The molecule has 0 aliphatic carbocycles. The van der Waals surface area contributed by atoms with Crippen LogP contribution in [0.15, 0.2) is 45.6 Å². The standard InChI is InChI=1S/C15H11BrN2OS2/c1-9-5-6-20-13(9)14(19)18-15-17-12(8-21-15)10-3-2-4-11(16)7-10/h2-8H,1H3,(H,17,18,19). The van der Waals surface area contributed by atoms with Crippen LogP contribution in [0, 0.1) is 6.92 Å². The first kappa shape index (κ1) is 14.4. The Morgan fingerprint density at radius 3 is 2.86 bits per heavy atom. The minimum Gasteiger partial charge on any atom is -0.297 e. The lowest BCUT2D eigenvalue weighted by Gasteiger charge is -2.00. The van der Waals surface area contributed by atoms with Gasteiger partial charge in [-0.1, -0.05) is 28.1 Å². The summed E-state index contributed by atoms with van der Waals surface area (Å²) in [5, 5.41) is 7.33. The molecule has 106 valence electrons. The number of thiophene rings is 1. The van der Waals surface area contributed by atoms with Crippen molar-refractivity contribution in [1.82, 2.24) is 4.98 Å². The van der Waals surface area contributed by atoms with Gasteiger partial charge in [0.25, 0.3) is 5.91 Å². The van der Waals surface area contributed by atoms with Gasteiger partial charge in [-0.05, 0) is 36.1 Å². The number of rotatable bonds is 3. The molecule has 21 heavy (non-hydrogen) atoms. The van der Waals surface area contributed by atoms with E-state index < -0.39 is 0 Å². The molecule has 0 fully saturated rings. The van der Waals surface area contributed by atoms with Gasteiger partial charge in [0, 0.05) is 15.4 Å². The summed E-state index contributed by atoms with van der Waals surface area (Å²) in [6.45, 7) is 1.93. The Bertz CT molecular complexity index is 794. The Hall–Kier alpha value is -1.50. The highest BCUT2D eigenvalue weighted by atomic mass is 79.9. The molecule has 0 aliphatic heterocycles. The molecule has 0 saturated carbocycles. The third kappa shape index (κ3) is 3.23. The van der Waals surface area contributed by atoms with Gasteiger partial charge in [0.1, 0.15) is 0 Å². The quantitative estimate of drug-likeness (QED) is 0.680. The lowest BCUT2D eigenvalue weighted by atomic mass is 10.2. The molecule has 0 aliphatic rings. The first-order chi connectivity index (χ1) is 10.1. The highest BCUT2D eigenvalue weighted by molar-refractivity contribution is 9.10. The lowest BCUT2D eigenvalue weighted by Crippen LogP contribution is -2.10. The highest BCUT2D eigenvalue weighted by Gasteiger charge is 2.13. The maximum atomic E-state index is 12.2. The number of carbonyl (C=O) groups is 1. The summed E-state index contributed by atoms with van der Waals surface area (Å²) in [6, 6.07) is 9.87. The Morgan fingerprint density at radius 1 is 1.29 bits per heavy atom. The third-order valence-corrected chi connectivity index (χ3v) is 5.18. The number of halogens is 1. The molecule has 0 spiro atoms. The molecule has 1 amide bonds. The van der Waals surface area contributed by atoms with E-state index in [1.807, 2.05) is 48.0 Å². The van der Waals surface area contributed by atoms with Gasteiger partial charge >= 0.3 is 0 Å². The fourth-order valence-corrected chi connectivity index (χ4v) is 3.81. The van der Waals surface area contributed by atoms with E-state index in [2.05, 4.69) is 26.2 Å².